The van der Waals surface area contributed by atoms with Gasteiger partial charge in [0.2, 0.25) is 0 Å². The summed E-state index contributed by atoms with van der Waals surface area (Å²) in [5.74, 6) is 0. The van der Waals surface area contributed by atoms with E-state index in [9.17, 15) is 0 Å². The lowest BCUT2D eigenvalue weighted by Gasteiger charge is -2.30. The molecule has 0 unspecified atom stereocenters. The molecule has 34 heavy (non-hydrogen) atoms. The fraction of sp³-hybridized carbons (Fsp3) is 0.571. The molecule has 6 nitrogen and oxygen atoms in total. The van der Waals surface area contributed by atoms with Crippen LogP contribution in [-0.2, 0) is 0 Å². The molecular weight excluding hydrogens is 420 g/mol. The molecule has 0 amide bonds. The summed E-state index contributed by atoms with van der Waals surface area (Å²) in [7, 11) is 0. The normalized spacial score (nSPS) is 11.4. The molecule has 0 radical (unpaired) electrons. The first kappa shape index (κ1) is 27.8. The van der Waals surface area contributed by atoms with Gasteiger partial charge in [-0.3, -0.25) is 0 Å². The first-order valence-electron chi connectivity index (χ1n) is 13.2. The molecule has 6 heteroatoms. The zero-order valence-corrected chi connectivity index (χ0v) is 22.0. The Labute approximate surface area is 208 Å². The van der Waals surface area contributed by atoms with E-state index in [1.54, 1.807) is 0 Å². The summed E-state index contributed by atoms with van der Waals surface area (Å²) >= 11 is 0. The van der Waals surface area contributed by atoms with Crippen molar-refractivity contribution in [2.75, 3.05) is 86.7 Å². The van der Waals surface area contributed by atoms with Gasteiger partial charge in [-0.2, -0.15) is 0 Å². The smallest absolute Gasteiger partial charge is 0.0368 e. The lowest BCUT2D eigenvalue weighted by atomic mass is 10.2. The van der Waals surface area contributed by atoms with Crippen LogP contribution in [0.3, 0.4) is 0 Å². The minimum atomic E-state index is 0.819. The van der Waals surface area contributed by atoms with E-state index in [1.165, 1.54) is 11.4 Å². The monoisotopic (exact) mass is 468 g/mol. The third-order valence-corrected chi connectivity index (χ3v) is 6.78. The summed E-state index contributed by atoms with van der Waals surface area (Å²) in [6.45, 7) is 19.7. The lowest BCUT2D eigenvalue weighted by molar-refractivity contribution is 0.308. The van der Waals surface area contributed by atoms with Crippen LogP contribution in [0, 0.1) is 0 Å². The summed E-state index contributed by atoms with van der Waals surface area (Å²) in [6, 6.07) is 16.7. The Morgan fingerprint density at radius 2 is 0.794 bits per heavy atom. The van der Waals surface area contributed by atoms with E-state index in [0.29, 0.717) is 0 Å². The predicted octanol–water partition coefficient (Wildman–Crippen LogP) is 4.63. The molecule has 4 N–H and O–H groups in total. The number of hydrogen-bond acceptors (Lipinski definition) is 6. The SMILES string of the molecule is CCN(CC)CCN(CCCCN(CCN(CC)CC)c1ccc(N)cc1)c1ccc(N)cc1. The van der Waals surface area contributed by atoms with Gasteiger partial charge in [0.15, 0.2) is 0 Å². The maximum absolute atomic E-state index is 5.94. The van der Waals surface area contributed by atoms with E-state index in [-0.39, 0.29) is 0 Å². The number of rotatable bonds is 17. The first-order valence-corrected chi connectivity index (χ1v) is 13.2. The van der Waals surface area contributed by atoms with Gasteiger partial charge >= 0.3 is 0 Å². The standard InChI is InChI=1S/C28H48N6/c1-5-31(6-2)21-23-33(27-15-11-25(29)12-16-27)19-9-10-20-34(24-22-32(7-3)8-4)28-17-13-26(30)14-18-28/h11-18H,5-10,19-24,29-30H2,1-4H3. The van der Waals surface area contributed by atoms with Gasteiger partial charge in [0.25, 0.3) is 0 Å². The Morgan fingerprint density at radius 1 is 0.471 bits per heavy atom. The van der Waals surface area contributed by atoms with Crippen LogP contribution in [0.1, 0.15) is 40.5 Å². The molecule has 2 rings (SSSR count). The van der Waals surface area contributed by atoms with Crippen molar-refractivity contribution in [2.24, 2.45) is 0 Å². The average molecular weight is 469 g/mol. The quantitative estimate of drug-likeness (QED) is 0.261. The Balaban J connectivity index is 1.97. The Bertz CT molecular complexity index is 701. The molecule has 2 aromatic carbocycles. The summed E-state index contributed by atoms with van der Waals surface area (Å²) in [6.07, 6.45) is 2.30. The molecule has 190 valence electrons. The van der Waals surface area contributed by atoms with Crippen LogP contribution in [0.15, 0.2) is 48.5 Å². The zero-order valence-electron chi connectivity index (χ0n) is 22.0. The van der Waals surface area contributed by atoms with Crippen molar-refractivity contribution >= 4 is 22.7 Å². The van der Waals surface area contributed by atoms with Crippen molar-refractivity contribution in [1.82, 2.24) is 9.80 Å². The van der Waals surface area contributed by atoms with Crippen LogP contribution < -0.4 is 21.3 Å². The molecule has 0 aromatic heterocycles. The van der Waals surface area contributed by atoms with Crippen molar-refractivity contribution in [3.05, 3.63) is 48.5 Å². The highest BCUT2D eigenvalue weighted by atomic mass is 15.2. The van der Waals surface area contributed by atoms with Gasteiger partial charge in [-0.25, -0.2) is 0 Å². The molecule has 0 saturated heterocycles. The zero-order chi connectivity index (χ0) is 24.8. The lowest BCUT2D eigenvalue weighted by Crippen LogP contribution is -2.37. The van der Waals surface area contributed by atoms with Gasteiger partial charge < -0.3 is 31.1 Å². The number of nitrogens with two attached hydrogens (primary N) is 2. The second-order valence-electron chi connectivity index (χ2n) is 8.92. The largest absolute Gasteiger partial charge is 0.399 e. The second kappa shape index (κ2) is 15.5. The summed E-state index contributed by atoms with van der Waals surface area (Å²) in [5, 5.41) is 0. The number of anilines is 4. The average Bonchev–Trinajstić information content (AvgIpc) is 2.86. The molecule has 0 bridgehead atoms. The molecule has 0 aliphatic rings. The summed E-state index contributed by atoms with van der Waals surface area (Å²) in [4.78, 5) is 10.0. The highest BCUT2D eigenvalue weighted by Gasteiger charge is 2.11. The van der Waals surface area contributed by atoms with Crippen LogP contribution in [-0.4, -0.2) is 75.2 Å². The molecule has 0 fully saturated rings. The molecule has 0 aliphatic heterocycles. The molecule has 2 aromatic rings. The van der Waals surface area contributed by atoms with Crippen LogP contribution >= 0.6 is 0 Å². The number of hydrogen-bond donors (Lipinski definition) is 2. The molecule has 0 saturated carbocycles. The van der Waals surface area contributed by atoms with Gasteiger partial charge in [0.05, 0.1) is 0 Å². The third-order valence-electron chi connectivity index (χ3n) is 6.78. The van der Waals surface area contributed by atoms with Crippen molar-refractivity contribution in [3.8, 4) is 0 Å². The van der Waals surface area contributed by atoms with Crippen molar-refractivity contribution in [2.45, 2.75) is 40.5 Å². The van der Waals surface area contributed by atoms with Crippen LogP contribution in [0.4, 0.5) is 22.7 Å². The van der Waals surface area contributed by atoms with Gasteiger partial charge in [-0.05, 0) is 87.6 Å². The van der Waals surface area contributed by atoms with E-state index >= 15 is 0 Å². The molecular formula is C28H48N6. The van der Waals surface area contributed by atoms with Crippen molar-refractivity contribution < 1.29 is 0 Å². The van der Waals surface area contributed by atoms with Crippen LogP contribution in [0.25, 0.3) is 0 Å². The highest BCUT2D eigenvalue weighted by Crippen LogP contribution is 2.19. The van der Waals surface area contributed by atoms with Crippen LogP contribution in [0.5, 0.6) is 0 Å². The number of nitrogen functional groups attached to an aromatic ring is 2. The molecule has 0 spiro atoms. The minimum Gasteiger partial charge on any atom is -0.399 e. The van der Waals surface area contributed by atoms with Gasteiger partial charge in [0.1, 0.15) is 0 Å². The Kier molecular flexibility index (Phi) is 12.6. The van der Waals surface area contributed by atoms with Crippen molar-refractivity contribution in [1.29, 1.82) is 0 Å². The molecule has 0 heterocycles. The maximum Gasteiger partial charge on any atom is 0.0368 e. The Morgan fingerprint density at radius 3 is 1.09 bits per heavy atom. The van der Waals surface area contributed by atoms with Gasteiger partial charge in [0, 0.05) is 62.0 Å². The van der Waals surface area contributed by atoms with Crippen molar-refractivity contribution in [3.63, 3.8) is 0 Å². The topological polar surface area (TPSA) is 65.0 Å². The number of benzene rings is 2. The summed E-state index contributed by atoms with van der Waals surface area (Å²) < 4.78 is 0. The Hall–Kier alpha value is -2.44. The van der Waals surface area contributed by atoms with Gasteiger partial charge in [-0.15, -0.1) is 0 Å². The van der Waals surface area contributed by atoms with E-state index < -0.39 is 0 Å². The van der Waals surface area contributed by atoms with E-state index in [4.69, 9.17) is 11.5 Å². The summed E-state index contributed by atoms with van der Waals surface area (Å²) in [5.41, 5.74) is 16.0. The second-order valence-corrected chi connectivity index (χ2v) is 8.92. The van der Waals surface area contributed by atoms with E-state index in [2.05, 4.69) is 71.6 Å². The maximum atomic E-state index is 5.94. The van der Waals surface area contributed by atoms with Crippen LogP contribution in [0.2, 0.25) is 0 Å². The van der Waals surface area contributed by atoms with E-state index in [0.717, 1.165) is 89.7 Å². The first-order chi connectivity index (χ1) is 16.5. The predicted molar refractivity (Wildman–Crippen MR) is 151 cm³/mol. The van der Waals surface area contributed by atoms with Gasteiger partial charge in [-0.1, -0.05) is 27.7 Å². The number of unbranched alkanes of at least 4 members (excludes halogenated alkanes) is 1. The fourth-order valence-corrected chi connectivity index (χ4v) is 4.32. The fourth-order valence-electron chi connectivity index (χ4n) is 4.32. The molecule has 0 atom stereocenters. The molecule has 0 aliphatic carbocycles. The highest BCUT2D eigenvalue weighted by molar-refractivity contribution is 5.54. The van der Waals surface area contributed by atoms with E-state index in [1.807, 2.05) is 24.3 Å². The number of nitrogens with zero attached hydrogens (tertiary/aromatic N) is 4. The number of likely N-dealkylation sites (N-methyl/N-ethyl adjacent to an activating group) is 2. The minimum absolute atomic E-state index is 0.819. The third kappa shape index (κ3) is 9.43.